The largest absolute Gasteiger partial charge is 0.396 e. The molecule has 0 aromatic rings. The maximum Gasteiger partial charge on any atom is 0.361 e. The van der Waals surface area contributed by atoms with Gasteiger partial charge in [-0.15, -0.1) is 0 Å². The molecule has 13 heavy (non-hydrogen) atoms. The fourth-order valence-electron chi connectivity index (χ4n) is 0.741. The quantitative estimate of drug-likeness (QED) is 0.422. The van der Waals surface area contributed by atoms with Gasteiger partial charge in [0, 0.05) is 14.2 Å². The predicted molar refractivity (Wildman–Crippen MR) is 57.5 cm³/mol. The van der Waals surface area contributed by atoms with E-state index < -0.39 is 8.56 Å². The highest BCUT2D eigenvalue weighted by atomic mass is 28.4. The summed E-state index contributed by atoms with van der Waals surface area (Å²) in [4.78, 5) is 0. The maximum absolute atomic E-state index is 5.39. The van der Waals surface area contributed by atoms with Crippen molar-refractivity contribution in [1.82, 2.24) is 0 Å². The summed E-state index contributed by atoms with van der Waals surface area (Å²) >= 11 is 0. The van der Waals surface area contributed by atoms with E-state index in [1.165, 1.54) is 0 Å². The minimum absolute atomic E-state index is 0. The van der Waals surface area contributed by atoms with E-state index in [9.17, 15) is 0 Å². The Balaban J connectivity index is 0.00000144. The Labute approximate surface area is 84.8 Å². The third-order valence-corrected chi connectivity index (χ3v) is 4.39. The molecular weight excluding hydrogens is 204 g/mol. The Morgan fingerprint density at radius 3 is 2.31 bits per heavy atom. The Hall–Kier alpha value is 0.274. The summed E-state index contributed by atoms with van der Waals surface area (Å²) in [6, 6.07) is 0. The van der Waals surface area contributed by atoms with Crippen molar-refractivity contribution >= 4 is 19.5 Å². The van der Waals surface area contributed by atoms with Crippen LogP contribution in [0.2, 0.25) is 6.55 Å². The third kappa shape index (κ3) is 4.89. The van der Waals surface area contributed by atoms with Crippen LogP contribution < -0.4 is 0 Å². The first-order chi connectivity index (χ1) is 5.70. The molecule has 0 aromatic carbocycles. The monoisotopic (exact) mass is 224 g/mol. The molecule has 1 fully saturated rings. The third-order valence-electron chi connectivity index (χ3n) is 1.93. The summed E-state index contributed by atoms with van der Waals surface area (Å²) in [6.07, 6.45) is 0.886. The molecule has 0 spiro atoms. The van der Waals surface area contributed by atoms with E-state index in [2.05, 4.69) is 0 Å². The average molecular weight is 224 g/mol. The van der Waals surface area contributed by atoms with Crippen molar-refractivity contribution in [1.29, 1.82) is 0 Å². The minimum Gasteiger partial charge on any atom is -0.396 e. The van der Waals surface area contributed by atoms with Crippen LogP contribution in [0, 0.1) is 0 Å². The molecule has 1 unspecified atom stereocenters. The van der Waals surface area contributed by atoms with Gasteiger partial charge in [-0.2, -0.15) is 0 Å². The number of hydrogen-bond donors (Lipinski definition) is 0. The summed E-state index contributed by atoms with van der Waals surface area (Å²) in [6.45, 7) is 3.47. The molecule has 0 saturated carbocycles. The number of epoxide rings is 1. The second-order valence-corrected chi connectivity index (χ2v) is 6.39. The lowest BCUT2D eigenvalue weighted by Gasteiger charge is -2.21. The Kier molecular flexibility index (Phi) is 6.01. The van der Waals surface area contributed by atoms with Crippen molar-refractivity contribution in [3.63, 3.8) is 0 Å². The summed E-state index contributed by atoms with van der Waals surface area (Å²) in [5, 5.41) is 0. The van der Waals surface area contributed by atoms with Gasteiger partial charge < -0.3 is 18.3 Å². The maximum atomic E-state index is 5.39. The van der Waals surface area contributed by atoms with Gasteiger partial charge in [0.15, 0.2) is 0 Å². The first-order valence-corrected chi connectivity index (χ1v) is 6.52. The van der Waals surface area contributed by atoms with E-state index >= 15 is 0 Å². The van der Waals surface area contributed by atoms with E-state index in [4.69, 9.17) is 18.3 Å². The zero-order valence-electron chi connectivity index (χ0n) is 7.83. The molecule has 6 heteroatoms. The lowest BCUT2D eigenvalue weighted by Crippen LogP contribution is -2.42. The lowest BCUT2D eigenvalue weighted by atomic mass is 10.5. The molecule has 0 amide bonds. The Morgan fingerprint density at radius 2 is 1.92 bits per heavy atom. The minimum atomic E-state index is -2.01. The molecule has 80 valence electrons. The van der Waals surface area contributed by atoms with E-state index in [1.807, 2.05) is 6.55 Å². The fraction of sp³-hybridized carbons (Fsp3) is 1.00. The molecule has 0 bridgehead atoms. The number of rotatable bonds is 6. The van der Waals surface area contributed by atoms with Gasteiger partial charge in [0.25, 0.3) is 0 Å². The van der Waals surface area contributed by atoms with Crippen LogP contribution in [0.15, 0.2) is 0 Å². The molecule has 1 aliphatic heterocycles. The zero-order valence-corrected chi connectivity index (χ0v) is 8.83. The summed E-state index contributed by atoms with van der Waals surface area (Å²) in [5.41, 5.74) is 0. The van der Waals surface area contributed by atoms with Crippen LogP contribution in [0.1, 0.15) is 0 Å². The summed E-state index contributed by atoms with van der Waals surface area (Å²) in [7, 11) is 1.30. The molecule has 0 radical (unpaired) electrons. The highest BCUT2D eigenvalue weighted by molar-refractivity contribution is 6.65. The Bertz CT molecular complexity index is 136. The van der Waals surface area contributed by atoms with Crippen molar-refractivity contribution in [2.75, 3.05) is 33.7 Å². The van der Waals surface area contributed by atoms with Gasteiger partial charge in [-0.1, -0.05) is 0 Å². The smallest absolute Gasteiger partial charge is 0.361 e. The molecule has 1 rings (SSSR count). The average Bonchev–Trinajstić information content (AvgIpc) is 2.88. The van der Waals surface area contributed by atoms with E-state index in [0.29, 0.717) is 18.9 Å². The normalized spacial score (nSPS) is 21.0. The van der Waals surface area contributed by atoms with Gasteiger partial charge in [-0.25, -0.2) is 0 Å². The van der Waals surface area contributed by atoms with Crippen LogP contribution >= 0.6 is 0 Å². The van der Waals surface area contributed by atoms with Crippen LogP contribution in [-0.2, 0) is 18.3 Å². The van der Waals surface area contributed by atoms with E-state index in [-0.39, 0.29) is 11.0 Å². The molecule has 0 aromatic heterocycles. The van der Waals surface area contributed by atoms with E-state index in [1.54, 1.807) is 14.2 Å². The standard InChI is InChI=1S/C7H16O4Si.H4Si/c1-8-12(3,9-2)6-10-4-7-5-11-7;/h7H,4-6H2,1-3H3;1H4. The molecule has 1 saturated heterocycles. The Morgan fingerprint density at radius 1 is 1.38 bits per heavy atom. The van der Waals surface area contributed by atoms with Gasteiger partial charge in [0.05, 0.1) is 19.4 Å². The van der Waals surface area contributed by atoms with Crippen molar-refractivity contribution in [3.05, 3.63) is 0 Å². The van der Waals surface area contributed by atoms with Crippen molar-refractivity contribution < 1.29 is 18.3 Å². The number of ether oxygens (including phenoxy) is 2. The van der Waals surface area contributed by atoms with Gasteiger partial charge in [-0.3, -0.25) is 0 Å². The predicted octanol–water partition coefficient (Wildman–Crippen LogP) is -1.15. The molecule has 0 N–H and O–H groups in total. The zero-order chi connectivity index (χ0) is 9.03. The molecule has 1 heterocycles. The first kappa shape index (κ1) is 13.3. The SMILES string of the molecule is CO[Si](C)(COCC1CO1)OC.[SiH4]. The van der Waals surface area contributed by atoms with Gasteiger partial charge >= 0.3 is 8.56 Å². The highest BCUT2D eigenvalue weighted by Crippen LogP contribution is 2.10. The van der Waals surface area contributed by atoms with Crippen LogP contribution in [0.3, 0.4) is 0 Å². The van der Waals surface area contributed by atoms with Crippen LogP contribution in [0.5, 0.6) is 0 Å². The van der Waals surface area contributed by atoms with Crippen LogP contribution in [0.25, 0.3) is 0 Å². The fourth-order valence-corrected chi connectivity index (χ4v) is 1.63. The summed E-state index contributed by atoms with van der Waals surface area (Å²) in [5.74, 6) is 0. The van der Waals surface area contributed by atoms with Gasteiger partial charge in [-0.05, 0) is 17.5 Å². The molecule has 1 atom stereocenters. The van der Waals surface area contributed by atoms with Crippen LogP contribution in [-0.4, -0.2) is 59.3 Å². The second-order valence-electron chi connectivity index (χ2n) is 3.01. The summed E-state index contributed by atoms with van der Waals surface area (Å²) < 4.78 is 20.9. The van der Waals surface area contributed by atoms with Gasteiger partial charge in [0.2, 0.25) is 0 Å². The van der Waals surface area contributed by atoms with Crippen molar-refractivity contribution in [2.24, 2.45) is 0 Å². The molecule has 0 aliphatic carbocycles. The topological polar surface area (TPSA) is 40.2 Å². The lowest BCUT2D eigenvalue weighted by molar-refractivity contribution is 0.114. The van der Waals surface area contributed by atoms with Crippen LogP contribution in [0.4, 0.5) is 0 Å². The molecule has 1 aliphatic rings. The van der Waals surface area contributed by atoms with Gasteiger partial charge in [0.1, 0.15) is 6.10 Å². The highest BCUT2D eigenvalue weighted by Gasteiger charge is 2.31. The molecular formula is C7H20O4Si2. The first-order valence-electron chi connectivity index (χ1n) is 4.00. The number of hydrogen-bond acceptors (Lipinski definition) is 4. The van der Waals surface area contributed by atoms with E-state index in [0.717, 1.165) is 6.61 Å². The molecule has 4 nitrogen and oxygen atoms in total. The van der Waals surface area contributed by atoms with Crippen molar-refractivity contribution in [3.8, 4) is 0 Å². The second kappa shape index (κ2) is 5.89. The van der Waals surface area contributed by atoms with Crippen molar-refractivity contribution in [2.45, 2.75) is 12.7 Å².